The molecule has 0 atom stereocenters. The second kappa shape index (κ2) is 4.66. The fourth-order valence-corrected chi connectivity index (χ4v) is 4.74. The third-order valence-corrected chi connectivity index (χ3v) is 6.04. The maximum atomic E-state index is 11.6. The second-order valence-electron chi connectivity index (χ2n) is 6.27. The number of nitrogens with two attached hydrogens (primary N) is 1. The van der Waals surface area contributed by atoms with E-state index in [-0.39, 0.29) is 5.41 Å². The fourth-order valence-electron chi connectivity index (χ4n) is 3.09. The third-order valence-electron chi connectivity index (χ3n) is 4.17. The monoisotopic (exact) mass is 296 g/mol. The first kappa shape index (κ1) is 13.8. The van der Waals surface area contributed by atoms with Gasteiger partial charge in [-0.25, -0.2) is 0 Å². The van der Waals surface area contributed by atoms with E-state index in [2.05, 4.69) is 23.8 Å². The number of carbonyl (C=O) groups excluding carboxylic acids is 1. The van der Waals surface area contributed by atoms with Crippen molar-refractivity contribution in [1.82, 2.24) is 14.7 Å². The first-order valence-electron chi connectivity index (χ1n) is 6.84. The van der Waals surface area contributed by atoms with Gasteiger partial charge < -0.3 is 5.73 Å². The summed E-state index contributed by atoms with van der Waals surface area (Å²) < 4.78 is 13.5. The summed E-state index contributed by atoms with van der Waals surface area (Å²) in [6.07, 6.45) is 0. The molecule has 0 unspecified atom stereocenters. The Bertz CT molecular complexity index is 573. The van der Waals surface area contributed by atoms with Crippen LogP contribution in [0.1, 0.15) is 30.0 Å². The van der Waals surface area contributed by atoms with Gasteiger partial charge in [-0.1, -0.05) is 0 Å². The van der Waals surface area contributed by atoms with Crippen molar-refractivity contribution in [2.45, 2.75) is 33.0 Å². The molecule has 1 aromatic rings. The van der Waals surface area contributed by atoms with E-state index in [1.807, 2.05) is 4.68 Å². The number of hydrogen-bond acceptors (Lipinski definition) is 4. The molecule has 1 aromatic heterocycles. The standard InChI is InChI=1S/C13H20N4O2S/c1-9(2)16-4-10-3-11(12(14)18)15-17(10)6-13(5-16)7-20(19)8-13/h3,9H,4-8H2,1-2H3,(H2,14,18). The minimum Gasteiger partial charge on any atom is -0.364 e. The molecule has 3 rings (SSSR count). The van der Waals surface area contributed by atoms with E-state index in [0.29, 0.717) is 11.7 Å². The SMILES string of the molecule is CC(C)N1Cc2cc(C(N)=O)nn2CC2(C1)CS(=O)C2. The van der Waals surface area contributed by atoms with E-state index in [1.165, 1.54) is 0 Å². The van der Waals surface area contributed by atoms with Crippen LogP contribution in [0.3, 0.4) is 0 Å². The van der Waals surface area contributed by atoms with Crippen molar-refractivity contribution in [2.75, 3.05) is 18.1 Å². The lowest BCUT2D eigenvalue weighted by Crippen LogP contribution is -2.54. The highest BCUT2D eigenvalue weighted by Crippen LogP contribution is 2.36. The molecule has 1 fully saturated rings. The molecule has 2 N–H and O–H groups in total. The molecule has 1 amide bonds. The molecule has 0 aromatic carbocycles. The van der Waals surface area contributed by atoms with Crippen LogP contribution in [0.5, 0.6) is 0 Å². The Hall–Kier alpha value is -1.21. The Balaban J connectivity index is 1.96. The Morgan fingerprint density at radius 1 is 1.45 bits per heavy atom. The van der Waals surface area contributed by atoms with Gasteiger partial charge in [-0.05, 0) is 19.9 Å². The van der Waals surface area contributed by atoms with Crippen molar-refractivity contribution in [2.24, 2.45) is 11.1 Å². The zero-order valence-corrected chi connectivity index (χ0v) is 12.7. The van der Waals surface area contributed by atoms with Gasteiger partial charge in [-0.2, -0.15) is 5.10 Å². The number of aromatic nitrogens is 2. The van der Waals surface area contributed by atoms with E-state index < -0.39 is 16.7 Å². The first-order chi connectivity index (χ1) is 9.38. The minimum atomic E-state index is -0.703. The smallest absolute Gasteiger partial charge is 0.269 e. The van der Waals surface area contributed by atoms with E-state index >= 15 is 0 Å². The molecule has 1 saturated heterocycles. The molecule has 0 bridgehead atoms. The second-order valence-corrected chi connectivity index (χ2v) is 7.73. The zero-order chi connectivity index (χ0) is 14.5. The predicted molar refractivity (Wildman–Crippen MR) is 76.6 cm³/mol. The van der Waals surface area contributed by atoms with Crippen molar-refractivity contribution in [1.29, 1.82) is 0 Å². The molecule has 2 aliphatic heterocycles. The van der Waals surface area contributed by atoms with Gasteiger partial charge in [-0.15, -0.1) is 0 Å². The van der Waals surface area contributed by atoms with Crippen LogP contribution in [-0.4, -0.2) is 48.9 Å². The van der Waals surface area contributed by atoms with E-state index in [9.17, 15) is 9.00 Å². The number of amides is 1. The zero-order valence-electron chi connectivity index (χ0n) is 11.8. The molecule has 0 radical (unpaired) electrons. The highest BCUT2D eigenvalue weighted by Gasteiger charge is 2.46. The molecule has 3 heterocycles. The topological polar surface area (TPSA) is 81.2 Å². The van der Waals surface area contributed by atoms with Crippen molar-refractivity contribution in [3.05, 3.63) is 17.5 Å². The summed E-state index contributed by atoms with van der Waals surface area (Å²) in [6, 6.07) is 2.19. The van der Waals surface area contributed by atoms with Crippen LogP contribution >= 0.6 is 0 Å². The van der Waals surface area contributed by atoms with Gasteiger partial charge in [0.05, 0.1) is 5.69 Å². The molecule has 1 spiro atoms. The highest BCUT2D eigenvalue weighted by atomic mass is 32.2. The lowest BCUT2D eigenvalue weighted by atomic mass is 9.91. The van der Waals surface area contributed by atoms with E-state index in [0.717, 1.165) is 36.8 Å². The van der Waals surface area contributed by atoms with Crippen LogP contribution in [0.15, 0.2) is 6.07 Å². The molecule has 7 heteroatoms. The summed E-state index contributed by atoms with van der Waals surface area (Å²) >= 11 is 0. The highest BCUT2D eigenvalue weighted by molar-refractivity contribution is 7.86. The van der Waals surface area contributed by atoms with Gasteiger partial charge in [0.2, 0.25) is 0 Å². The van der Waals surface area contributed by atoms with E-state index in [1.54, 1.807) is 6.07 Å². The predicted octanol–water partition coefficient (Wildman–Crippen LogP) is -0.0453. The van der Waals surface area contributed by atoms with Crippen molar-refractivity contribution >= 4 is 16.7 Å². The molecule has 0 saturated carbocycles. The van der Waals surface area contributed by atoms with E-state index in [4.69, 9.17) is 5.73 Å². The summed E-state index contributed by atoms with van der Waals surface area (Å²) in [5, 5.41) is 4.32. The van der Waals surface area contributed by atoms with Gasteiger partial charge in [0, 0.05) is 53.4 Å². The maximum absolute atomic E-state index is 11.6. The van der Waals surface area contributed by atoms with Gasteiger partial charge >= 0.3 is 0 Å². The molecule has 110 valence electrons. The third kappa shape index (κ3) is 2.29. The average molecular weight is 296 g/mol. The molecule has 20 heavy (non-hydrogen) atoms. The maximum Gasteiger partial charge on any atom is 0.269 e. The van der Waals surface area contributed by atoms with Crippen LogP contribution < -0.4 is 5.73 Å². The lowest BCUT2D eigenvalue weighted by Gasteiger charge is -2.43. The van der Waals surface area contributed by atoms with Gasteiger partial charge in [-0.3, -0.25) is 18.6 Å². The summed E-state index contributed by atoms with van der Waals surface area (Å²) in [5.41, 5.74) is 6.68. The van der Waals surface area contributed by atoms with Crippen LogP contribution in [0.4, 0.5) is 0 Å². The number of carbonyl (C=O) groups is 1. The number of hydrogen-bond donors (Lipinski definition) is 1. The first-order valence-corrected chi connectivity index (χ1v) is 8.33. The largest absolute Gasteiger partial charge is 0.364 e. The molecule has 2 aliphatic rings. The number of nitrogens with zero attached hydrogens (tertiary/aromatic N) is 3. The lowest BCUT2D eigenvalue weighted by molar-refractivity contribution is 0.0992. The Labute approximate surface area is 120 Å². The summed E-state index contributed by atoms with van der Waals surface area (Å²) in [7, 11) is -0.703. The summed E-state index contributed by atoms with van der Waals surface area (Å²) in [4.78, 5) is 13.7. The van der Waals surface area contributed by atoms with Crippen molar-refractivity contribution < 1.29 is 9.00 Å². The molecular formula is C13H20N4O2S. The van der Waals surface area contributed by atoms with Crippen molar-refractivity contribution in [3.63, 3.8) is 0 Å². The van der Waals surface area contributed by atoms with Crippen LogP contribution in [-0.2, 0) is 23.9 Å². The quantitative estimate of drug-likeness (QED) is 0.830. The summed E-state index contributed by atoms with van der Waals surface area (Å²) in [5.74, 6) is 0.955. The molecule has 0 aliphatic carbocycles. The van der Waals surface area contributed by atoms with Crippen LogP contribution in [0.25, 0.3) is 0 Å². The Kier molecular flexibility index (Phi) is 3.21. The van der Waals surface area contributed by atoms with Gasteiger partial charge in [0.25, 0.3) is 5.91 Å². The fraction of sp³-hybridized carbons (Fsp3) is 0.692. The minimum absolute atomic E-state index is 0.0291. The Morgan fingerprint density at radius 3 is 2.70 bits per heavy atom. The number of fused-ring (bicyclic) bond motifs is 1. The van der Waals surface area contributed by atoms with Crippen LogP contribution in [0, 0.1) is 5.41 Å². The van der Waals surface area contributed by atoms with Gasteiger partial charge in [0.1, 0.15) is 5.69 Å². The molecule has 6 nitrogen and oxygen atoms in total. The number of primary amides is 1. The molecular weight excluding hydrogens is 276 g/mol. The Morgan fingerprint density at radius 2 is 2.15 bits per heavy atom. The number of rotatable bonds is 2. The van der Waals surface area contributed by atoms with Crippen LogP contribution in [0.2, 0.25) is 0 Å². The average Bonchev–Trinajstić information content (AvgIpc) is 2.62. The normalized spacial score (nSPS) is 30.1. The van der Waals surface area contributed by atoms with Gasteiger partial charge in [0.15, 0.2) is 0 Å². The van der Waals surface area contributed by atoms with Crippen molar-refractivity contribution in [3.8, 4) is 0 Å². The summed E-state index contributed by atoms with van der Waals surface area (Å²) in [6.45, 7) is 6.73.